The molecule has 1 aliphatic carbocycles. The lowest BCUT2D eigenvalue weighted by molar-refractivity contribution is -0.122. The van der Waals surface area contributed by atoms with Gasteiger partial charge in [-0.15, -0.1) is 0 Å². The predicted molar refractivity (Wildman–Crippen MR) is 71.0 cm³/mol. The first-order chi connectivity index (χ1) is 8.18. The van der Waals surface area contributed by atoms with Gasteiger partial charge in [0.05, 0.1) is 0 Å². The summed E-state index contributed by atoms with van der Waals surface area (Å²) in [5.74, 6) is 1.74. The molecule has 0 aromatic rings. The van der Waals surface area contributed by atoms with Crippen molar-refractivity contribution in [1.82, 2.24) is 4.90 Å². The molecule has 0 radical (unpaired) electrons. The van der Waals surface area contributed by atoms with E-state index in [9.17, 15) is 4.79 Å². The highest BCUT2D eigenvalue weighted by atomic mass is 16.1. The smallest absolute Gasteiger partial charge is 0.137 e. The Hall–Kier alpha value is -0.370. The largest absolute Gasteiger partial charge is 0.300 e. The molecule has 0 aromatic carbocycles. The van der Waals surface area contributed by atoms with Crippen molar-refractivity contribution in [3.63, 3.8) is 0 Å². The maximum Gasteiger partial charge on any atom is 0.137 e. The summed E-state index contributed by atoms with van der Waals surface area (Å²) in [5.41, 5.74) is 0. The van der Waals surface area contributed by atoms with Gasteiger partial charge in [0.25, 0.3) is 0 Å². The van der Waals surface area contributed by atoms with Crippen LogP contribution in [0.2, 0.25) is 0 Å². The predicted octanol–water partition coefficient (Wildman–Crippen LogP) is 3.26. The van der Waals surface area contributed by atoms with E-state index in [1.54, 1.807) is 0 Å². The Morgan fingerprint density at radius 2 is 2.12 bits per heavy atom. The van der Waals surface area contributed by atoms with Gasteiger partial charge in [-0.2, -0.15) is 0 Å². The number of hydrogen-bond donors (Lipinski definition) is 0. The normalized spacial score (nSPS) is 30.6. The second-order valence-corrected chi connectivity index (χ2v) is 6.25. The van der Waals surface area contributed by atoms with E-state index in [4.69, 9.17) is 0 Å². The first kappa shape index (κ1) is 13.1. The third kappa shape index (κ3) is 3.31. The molecular formula is C15H27NO. The molecule has 2 rings (SSSR count). The van der Waals surface area contributed by atoms with Crippen LogP contribution in [0, 0.1) is 11.8 Å². The van der Waals surface area contributed by atoms with Crippen molar-refractivity contribution in [3.05, 3.63) is 0 Å². The van der Waals surface area contributed by atoms with Crippen LogP contribution in [0.25, 0.3) is 0 Å². The molecule has 0 aromatic heterocycles. The van der Waals surface area contributed by atoms with E-state index in [2.05, 4.69) is 18.7 Å². The van der Waals surface area contributed by atoms with Crippen LogP contribution in [-0.2, 0) is 4.79 Å². The highest BCUT2D eigenvalue weighted by molar-refractivity contribution is 5.83. The van der Waals surface area contributed by atoms with Crippen LogP contribution in [0.4, 0.5) is 0 Å². The van der Waals surface area contributed by atoms with Gasteiger partial charge in [0.15, 0.2) is 0 Å². The van der Waals surface area contributed by atoms with E-state index in [0.717, 1.165) is 25.2 Å². The summed E-state index contributed by atoms with van der Waals surface area (Å²) >= 11 is 0. The van der Waals surface area contributed by atoms with E-state index in [-0.39, 0.29) is 0 Å². The fourth-order valence-corrected chi connectivity index (χ4v) is 3.54. The van der Waals surface area contributed by atoms with E-state index in [1.165, 1.54) is 38.8 Å². The summed E-state index contributed by atoms with van der Waals surface area (Å²) < 4.78 is 0. The second-order valence-electron chi connectivity index (χ2n) is 6.25. The van der Waals surface area contributed by atoms with Gasteiger partial charge >= 0.3 is 0 Å². The third-order valence-electron chi connectivity index (χ3n) is 4.46. The van der Waals surface area contributed by atoms with Crippen LogP contribution in [0.5, 0.6) is 0 Å². The Kier molecular flexibility index (Phi) is 4.61. The number of likely N-dealkylation sites (tertiary alicyclic amines) is 1. The van der Waals surface area contributed by atoms with E-state index in [0.29, 0.717) is 17.7 Å². The average Bonchev–Trinajstić information content (AvgIpc) is 2.86. The number of ketones is 1. The van der Waals surface area contributed by atoms with Gasteiger partial charge in [-0.25, -0.2) is 0 Å². The molecule has 17 heavy (non-hydrogen) atoms. The number of nitrogens with zero attached hydrogens (tertiary/aromatic N) is 1. The maximum atomic E-state index is 11.9. The van der Waals surface area contributed by atoms with Gasteiger partial charge < -0.3 is 0 Å². The fraction of sp³-hybridized carbons (Fsp3) is 0.933. The zero-order valence-corrected chi connectivity index (χ0v) is 11.5. The second kappa shape index (κ2) is 5.99. The molecule has 2 aliphatic rings. The number of hydrogen-bond acceptors (Lipinski definition) is 2. The summed E-state index contributed by atoms with van der Waals surface area (Å²) in [7, 11) is 0. The molecule has 0 amide bonds. The van der Waals surface area contributed by atoms with Crippen LogP contribution in [-0.4, -0.2) is 29.8 Å². The minimum Gasteiger partial charge on any atom is -0.300 e. The molecule has 2 unspecified atom stereocenters. The van der Waals surface area contributed by atoms with Crippen LogP contribution in [0.3, 0.4) is 0 Å². The molecule has 2 nitrogen and oxygen atoms in total. The van der Waals surface area contributed by atoms with Crippen LogP contribution >= 0.6 is 0 Å². The molecule has 0 bridgehead atoms. The molecule has 2 heteroatoms. The summed E-state index contributed by atoms with van der Waals surface area (Å²) in [6.07, 6.45) is 8.33. The lowest BCUT2D eigenvalue weighted by atomic mass is 9.95. The highest BCUT2D eigenvalue weighted by Crippen LogP contribution is 2.33. The Bertz CT molecular complexity index is 262. The SMILES string of the molecule is CC(C)CCCN1CCCC1C1CCCC1=O. The first-order valence-electron chi connectivity index (χ1n) is 7.45. The molecule has 0 spiro atoms. The molecule has 1 saturated carbocycles. The van der Waals surface area contributed by atoms with Crippen molar-refractivity contribution in [2.24, 2.45) is 11.8 Å². The van der Waals surface area contributed by atoms with Crippen LogP contribution in [0.1, 0.15) is 58.8 Å². The molecule has 1 aliphatic heterocycles. The van der Waals surface area contributed by atoms with Gasteiger partial charge in [0.2, 0.25) is 0 Å². The molecule has 1 saturated heterocycles. The van der Waals surface area contributed by atoms with Crippen molar-refractivity contribution < 1.29 is 4.79 Å². The van der Waals surface area contributed by atoms with Gasteiger partial charge in [-0.05, 0) is 57.5 Å². The Labute approximate surface area is 106 Å². The zero-order valence-electron chi connectivity index (χ0n) is 11.5. The highest BCUT2D eigenvalue weighted by Gasteiger charge is 2.37. The Morgan fingerprint density at radius 3 is 2.76 bits per heavy atom. The van der Waals surface area contributed by atoms with Gasteiger partial charge in [0.1, 0.15) is 5.78 Å². The zero-order chi connectivity index (χ0) is 12.3. The van der Waals surface area contributed by atoms with Crippen molar-refractivity contribution in [1.29, 1.82) is 0 Å². The molecule has 0 N–H and O–H groups in total. The van der Waals surface area contributed by atoms with E-state index < -0.39 is 0 Å². The van der Waals surface area contributed by atoms with Gasteiger partial charge in [-0.3, -0.25) is 9.69 Å². The first-order valence-corrected chi connectivity index (χ1v) is 7.45. The van der Waals surface area contributed by atoms with Crippen LogP contribution < -0.4 is 0 Å². The molecular weight excluding hydrogens is 210 g/mol. The number of rotatable bonds is 5. The monoisotopic (exact) mass is 237 g/mol. The van der Waals surface area contributed by atoms with E-state index >= 15 is 0 Å². The minimum absolute atomic E-state index is 0.386. The topological polar surface area (TPSA) is 20.3 Å². The number of carbonyl (C=O) groups excluding carboxylic acids is 1. The molecule has 2 fully saturated rings. The molecule has 2 atom stereocenters. The Morgan fingerprint density at radius 1 is 1.29 bits per heavy atom. The quantitative estimate of drug-likeness (QED) is 0.731. The summed E-state index contributed by atoms with van der Waals surface area (Å²) in [6.45, 7) is 7.03. The van der Waals surface area contributed by atoms with Crippen molar-refractivity contribution >= 4 is 5.78 Å². The standard InChI is InChI=1S/C15H27NO/c1-12(2)6-4-10-16-11-5-8-14(16)13-7-3-9-15(13)17/h12-14H,3-11H2,1-2H3. The summed E-state index contributed by atoms with van der Waals surface area (Å²) in [5, 5.41) is 0. The van der Waals surface area contributed by atoms with Crippen molar-refractivity contribution in [2.75, 3.05) is 13.1 Å². The van der Waals surface area contributed by atoms with Crippen molar-refractivity contribution in [3.8, 4) is 0 Å². The van der Waals surface area contributed by atoms with Crippen LogP contribution in [0.15, 0.2) is 0 Å². The van der Waals surface area contributed by atoms with Gasteiger partial charge in [-0.1, -0.05) is 13.8 Å². The third-order valence-corrected chi connectivity index (χ3v) is 4.46. The maximum absolute atomic E-state index is 11.9. The van der Waals surface area contributed by atoms with E-state index in [1.807, 2.05) is 0 Å². The summed E-state index contributed by atoms with van der Waals surface area (Å²) in [6, 6.07) is 0.595. The molecule has 98 valence electrons. The minimum atomic E-state index is 0.386. The Balaban J connectivity index is 1.82. The lowest BCUT2D eigenvalue weighted by Gasteiger charge is -2.28. The average molecular weight is 237 g/mol. The number of Topliss-reactive ketones (excluding diaryl/α,β-unsaturated/α-hetero) is 1. The molecule has 1 heterocycles. The fourth-order valence-electron chi connectivity index (χ4n) is 3.54. The lowest BCUT2D eigenvalue weighted by Crippen LogP contribution is -2.38. The van der Waals surface area contributed by atoms with Gasteiger partial charge in [0, 0.05) is 18.4 Å². The van der Waals surface area contributed by atoms with Crippen molar-refractivity contribution in [2.45, 2.75) is 64.8 Å². The number of carbonyl (C=O) groups is 1. The summed E-state index contributed by atoms with van der Waals surface area (Å²) in [4.78, 5) is 14.5.